The van der Waals surface area contributed by atoms with Crippen LogP contribution in [0, 0.1) is 0 Å². The number of anilines is 6. The van der Waals surface area contributed by atoms with Crippen molar-refractivity contribution in [1.82, 2.24) is 9.97 Å². The maximum Gasteiger partial charge on any atom is 0.138 e. The van der Waals surface area contributed by atoms with Gasteiger partial charge in [0.25, 0.3) is 0 Å². The quantitative estimate of drug-likeness (QED) is 0.167. The summed E-state index contributed by atoms with van der Waals surface area (Å²) in [5.74, 6) is 0.807. The van der Waals surface area contributed by atoms with Crippen LogP contribution in [0.15, 0.2) is 203 Å². The van der Waals surface area contributed by atoms with Crippen molar-refractivity contribution < 1.29 is 8.83 Å². The molecule has 0 saturated heterocycles. The Morgan fingerprint density at radius 2 is 0.852 bits per heavy atom. The molecule has 0 aliphatic rings. The van der Waals surface area contributed by atoms with Crippen LogP contribution in [-0.4, -0.2) is 9.97 Å². The third-order valence-corrected chi connectivity index (χ3v) is 13.0. The van der Waals surface area contributed by atoms with Crippen LogP contribution in [0.5, 0.6) is 0 Å². The zero-order valence-corrected chi connectivity index (χ0v) is 33.3. The normalized spacial score (nSPS) is 11.9. The Balaban J connectivity index is 0.961. The van der Waals surface area contributed by atoms with E-state index in [4.69, 9.17) is 18.8 Å². The van der Waals surface area contributed by atoms with E-state index in [0.717, 1.165) is 104 Å². The maximum absolute atomic E-state index is 6.39. The third-order valence-electron chi connectivity index (χ3n) is 11.9. The number of nitrogens with zero attached hydrogens (tertiary/aromatic N) is 4. The Labute approximate surface area is 352 Å². The Kier molecular flexibility index (Phi) is 7.37. The Bertz CT molecular complexity index is 3630. The molecule has 7 heteroatoms. The Morgan fingerprint density at radius 1 is 0.344 bits per heavy atom. The minimum Gasteiger partial charge on any atom is -0.456 e. The number of fused-ring (bicyclic) bond motifs is 11. The second-order valence-corrected chi connectivity index (χ2v) is 16.6. The molecule has 5 aromatic heterocycles. The second-order valence-electron chi connectivity index (χ2n) is 15.5. The molecule has 13 rings (SSSR count). The lowest BCUT2D eigenvalue weighted by atomic mass is 10.1. The zero-order valence-electron chi connectivity index (χ0n) is 32.5. The summed E-state index contributed by atoms with van der Waals surface area (Å²) in [4.78, 5) is 14.8. The molecule has 0 radical (unpaired) electrons. The van der Waals surface area contributed by atoms with Gasteiger partial charge in [-0.2, -0.15) is 0 Å². The standard InChI is InChI=1S/C54H32N4O2S/c1-3-11-35-25-37(19-17-33(35)9-1)57(39-21-23-44-42-13-5-7-15-47(42)59-49(44)27-39)41-29-52-54(56-31-41)46-32-55-53(30-51(46)61-52)58(38-20-18-34-10-2-4-12-36(34)26-38)40-22-24-45-43-14-6-8-16-48(43)60-50(45)28-40/h1-32H. The molecule has 6 nitrogen and oxygen atoms in total. The van der Waals surface area contributed by atoms with E-state index in [-0.39, 0.29) is 0 Å². The lowest BCUT2D eigenvalue weighted by molar-refractivity contribution is 0.668. The number of benzene rings is 8. The van der Waals surface area contributed by atoms with Crippen molar-refractivity contribution in [3.05, 3.63) is 194 Å². The highest BCUT2D eigenvalue weighted by Gasteiger charge is 2.21. The first-order valence-corrected chi connectivity index (χ1v) is 21.1. The van der Waals surface area contributed by atoms with Gasteiger partial charge < -0.3 is 13.7 Å². The van der Waals surface area contributed by atoms with Crippen molar-refractivity contribution in [3.8, 4) is 0 Å². The predicted molar refractivity (Wildman–Crippen MR) is 254 cm³/mol. The fourth-order valence-electron chi connectivity index (χ4n) is 8.97. The molecule has 0 saturated carbocycles. The summed E-state index contributed by atoms with van der Waals surface area (Å²) in [5.41, 5.74) is 9.30. The van der Waals surface area contributed by atoms with Gasteiger partial charge in [0.05, 0.1) is 27.8 Å². The van der Waals surface area contributed by atoms with Crippen molar-refractivity contribution in [2.75, 3.05) is 9.80 Å². The molecule has 0 atom stereocenters. The van der Waals surface area contributed by atoms with E-state index in [1.807, 2.05) is 36.7 Å². The number of aromatic nitrogens is 2. The van der Waals surface area contributed by atoms with Crippen LogP contribution in [0.1, 0.15) is 0 Å². The van der Waals surface area contributed by atoms with E-state index in [0.29, 0.717) is 0 Å². The van der Waals surface area contributed by atoms with Gasteiger partial charge >= 0.3 is 0 Å². The summed E-state index contributed by atoms with van der Waals surface area (Å²) >= 11 is 1.73. The van der Waals surface area contributed by atoms with Crippen LogP contribution < -0.4 is 9.80 Å². The topological polar surface area (TPSA) is 58.5 Å². The number of thiophene rings is 1. The second kappa shape index (κ2) is 13.3. The van der Waals surface area contributed by atoms with Gasteiger partial charge in [-0.05, 0) is 94.3 Å². The van der Waals surface area contributed by atoms with E-state index in [9.17, 15) is 0 Å². The van der Waals surface area contributed by atoms with Crippen LogP contribution in [0.2, 0.25) is 0 Å². The number of rotatable bonds is 6. The van der Waals surface area contributed by atoms with Gasteiger partial charge in [0.2, 0.25) is 0 Å². The fourth-order valence-corrected chi connectivity index (χ4v) is 10.1. The summed E-state index contributed by atoms with van der Waals surface area (Å²) in [5, 5.41) is 10.1. The van der Waals surface area contributed by atoms with Gasteiger partial charge in [0.15, 0.2) is 0 Å². The maximum atomic E-state index is 6.39. The Morgan fingerprint density at radius 3 is 1.49 bits per heavy atom. The fraction of sp³-hybridized carbons (Fsp3) is 0. The molecular weight excluding hydrogens is 769 g/mol. The average Bonchev–Trinajstić information content (AvgIpc) is 3.99. The zero-order chi connectivity index (χ0) is 40.0. The monoisotopic (exact) mass is 800 g/mol. The lowest BCUT2D eigenvalue weighted by Gasteiger charge is -2.25. The largest absolute Gasteiger partial charge is 0.456 e. The van der Waals surface area contributed by atoms with Gasteiger partial charge in [-0.1, -0.05) is 97.1 Å². The molecule has 0 spiro atoms. The summed E-state index contributed by atoms with van der Waals surface area (Å²) in [6, 6.07) is 63.9. The van der Waals surface area contributed by atoms with Crippen molar-refractivity contribution in [1.29, 1.82) is 0 Å². The SMILES string of the molecule is c1ccc2cc(N(c3ccc4c(c3)oc3ccccc34)c3cnc4c(c3)sc3cc(N(c5ccc6ccccc6c5)c5ccc6c(c5)oc5ccccc56)ncc34)ccc2c1. The van der Waals surface area contributed by atoms with Crippen molar-refractivity contribution in [2.45, 2.75) is 0 Å². The summed E-state index contributed by atoms with van der Waals surface area (Å²) in [6.07, 6.45) is 3.95. The molecule has 0 N–H and O–H groups in total. The highest BCUT2D eigenvalue weighted by Crippen LogP contribution is 2.44. The van der Waals surface area contributed by atoms with E-state index in [1.54, 1.807) is 11.3 Å². The minimum atomic E-state index is 0.807. The summed E-state index contributed by atoms with van der Waals surface area (Å²) in [7, 11) is 0. The number of hydrogen-bond acceptors (Lipinski definition) is 7. The first-order chi connectivity index (χ1) is 30.2. The summed E-state index contributed by atoms with van der Waals surface area (Å²) in [6.45, 7) is 0. The van der Waals surface area contributed by atoms with E-state index < -0.39 is 0 Å². The van der Waals surface area contributed by atoms with Gasteiger partial charge in [0, 0.05) is 67.0 Å². The first kappa shape index (κ1) is 33.9. The van der Waals surface area contributed by atoms with E-state index in [1.165, 1.54) is 16.2 Å². The molecule has 0 aliphatic carbocycles. The summed E-state index contributed by atoms with van der Waals surface area (Å²) < 4.78 is 14.9. The van der Waals surface area contributed by atoms with E-state index in [2.05, 4.69) is 168 Å². The number of hydrogen-bond donors (Lipinski definition) is 0. The highest BCUT2D eigenvalue weighted by atomic mass is 32.1. The van der Waals surface area contributed by atoms with Crippen LogP contribution in [0.4, 0.5) is 34.3 Å². The molecule has 0 bridgehead atoms. The van der Waals surface area contributed by atoms with Crippen molar-refractivity contribution in [3.63, 3.8) is 0 Å². The predicted octanol–water partition coefficient (Wildman–Crippen LogP) is 15.9. The smallest absolute Gasteiger partial charge is 0.138 e. The third kappa shape index (κ3) is 5.48. The van der Waals surface area contributed by atoms with Crippen molar-refractivity contribution in [2.24, 2.45) is 0 Å². The molecule has 8 aromatic carbocycles. The Hall–Kier alpha value is -8.00. The lowest BCUT2D eigenvalue weighted by Crippen LogP contribution is -2.11. The number of pyridine rings is 2. The molecule has 0 unspecified atom stereocenters. The molecule has 13 aromatic rings. The molecule has 0 fully saturated rings. The molecule has 286 valence electrons. The molecule has 0 aliphatic heterocycles. The van der Waals surface area contributed by atoms with Gasteiger partial charge in [0.1, 0.15) is 28.1 Å². The molecular formula is C54H32N4O2S. The first-order valence-electron chi connectivity index (χ1n) is 20.3. The van der Waals surface area contributed by atoms with Crippen LogP contribution in [0.3, 0.4) is 0 Å². The van der Waals surface area contributed by atoms with E-state index >= 15 is 0 Å². The minimum absolute atomic E-state index is 0.807. The number of para-hydroxylation sites is 2. The molecule has 0 amide bonds. The van der Waals surface area contributed by atoms with Gasteiger partial charge in [-0.25, -0.2) is 4.98 Å². The van der Waals surface area contributed by atoms with Gasteiger partial charge in [-0.15, -0.1) is 11.3 Å². The average molecular weight is 801 g/mol. The van der Waals surface area contributed by atoms with Crippen molar-refractivity contribution >= 4 is 131 Å². The van der Waals surface area contributed by atoms with Crippen LogP contribution in [-0.2, 0) is 0 Å². The molecule has 5 heterocycles. The van der Waals surface area contributed by atoms with Gasteiger partial charge in [-0.3, -0.25) is 9.88 Å². The number of furan rings is 2. The van der Waals surface area contributed by atoms with Crippen LogP contribution >= 0.6 is 11.3 Å². The van der Waals surface area contributed by atoms with Crippen LogP contribution in [0.25, 0.3) is 85.7 Å². The molecule has 61 heavy (non-hydrogen) atoms. The highest BCUT2D eigenvalue weighted by molar-refractivity contribution is 7.25.